The Morgan fingerprint density at radius 1 is 0.864 bits per heavy atom. The summed E-state index contributed by atoms with van der Waals surface area (Å²) >= 11 is 0. The number of esters is 1. The first kappa shape index (κ1) is 18.3. The predicted octanol–water partition coefficient (Wildman–Crippen LogP) is -0.848. The Hall–Kier alpha value is -1.75. The normalized spacial score (nSPS) is 10.5. The molecule has 5 heteroatoms. The second-order valence-electron chi connectivity index (χ2n) is 4.33. The zero-order valence-corrected chi connectivity index (χ0v) is 14.4. The molecule has 108 valence electrons. The molecule has 0 N–H and O–H groups in total. The van der Waals surface area contributed by atoms with Gasteiger partial charge in [0.25, 0.3) is 0 Å². The Morgan fingerprint density at radius 3 is 1.82 bits per heavy atom. The van der Waals surface area contributed by atoms with Crippen LogP contribution in [-0.4, -0.2) is 5.97 Å². The summed E-state index contributed by atoms with van der Waals surface area (Å²) in [5.74, 6) is -1.42. The van der Waals surface area contributed by atoms with Gasteiger partial charge >= 0.3 is 35.5 Å². The van der Waals surface area contributed by atoms with Crippen LogP contribution in [0.2, 0.25) is 0 Å². The van der Waals surface area contributed by atoms with Crippen LogP contribution in [0.4, 0.5) is 0 Å². The number of hydrogen-bond donors (Lipinski definition) is 0. The molecule has 0 bridgehead atoms. The number of ether oxygens (including phenoxy) is 2. The monoisotopic (exact) mass is 306 g/mol. The van der Waals surface area contributed by atoms with Crippen LogP contribution in [0.3, 0.4) is 0 Å². The van der Waals surface area contributed by atoms with Crippen molar-refractivity contribution in [3.05, 3.63) is 83.8 Å². The van der Waals surface area contributed by atoms with E-state index in [4.69, 9.17) is 9.47 Å². The second kappa shape index (κ2) is 10.1. The first-order valence-electron chi connectivity index (χ1n) is 6.50. The molecule has 0 aliphatic carbocycles. The van der Waals surface area contributed by atoms with Crippen LogP contribution in [0.25, 0.3) is 0 Å². The molecule has 0 aromatic heterocycles. The van der Waals surface area contributed by atoms with Gasteiger partial charge in [-0.2, -0.15) is 0 Å². The molecule has 0 spiro atoms. The van der Waals surface area contributed by atoms with Crippen LogP contribution < -0.4 is 34.7 Å². The third-order valence-corrected chi connectivity index (χ3v) is 2.68. The summed E-state index contributed by atoms with van der Waals surface area (Å²) in [6.07, 6.45) is 0.811. The average molecular weight is 306 g/mol. The fourth-order valence-electron chi connectivity index (χ4n) is 1.64. The fourth-order valence-corrected chi connectivity index (χ4v) is 1.64. The quantitative estimate of drug-likeness (QED) is 0.302. The van der Waals surface area contributed by atoms with Crippen molar-refractivity contribution in [1.29, 1.82) is 0 Å². The molecule has 0 fully saturated rings. The first-order valence-corrected chi connectivity index (χ1v) is 6.50. The van der Waals surface area contributed by atoms with Crippen LogP contribution in [0.1, 0.15) is 11.1 Å². The fraction of sp³-hybridized carbons (Fsp3) is 0.118. The van der Waals surface area contributed by atoms with Crippen molar-refractivity contribution in [2.24, 2.45) is 0 Å². The maximum Gasteiger partial charge on any atom is 1.00 e. The molecule has 0 aliphatic rings. The Labute approximate surface area is 151 Å². The van der Waals surface area contributed by atoms with E-state index >= 15 is 0 Å². The minimum Gasteiger partial charge on any atom is -0.608 e. The van der Waals surface area contributed by atoms with Gasteiger partial charge in [0.15, 0.2) is 0 Å². The molecule has 0 amide bonds. The molecule has 0 aliphatic heterocycles. The van der Waals surface area contributed by atoms with E-state index in [1.54, 1.807) is 0 Å². The average Bonchev–Trinajstić information content (AvgIpc) is 2.53. The molecule has 0 atom stereocenters. The van der Waals surface area contributed by atoms with Crippen molar-refractivity contribution in [2.45, 2.75) is 13.2 Å². The summed E-state index contributed by atoms with van der Waals surface area (Å²) in [7, 11) is 0. The number of rotatable bonds is 6. The molecule has 2 aromatic carbocycles. The van der Waals surface area contributed by atoms with E-state index in [9.17, 15) is 9.90 Å². The van der Waals surface area contributed by atoms with Gasteiger partial charge in [-0.3, -0.25) is 0 Å². The second-order valence-corrected chi connectivity index (χ2v) is 4.33. The summed E-state index contributed by atoms with van der Waals surface area (Å²) in [6.45, 7) is 0.254. The van der Waals surface area contributed by atoms with Crippen molar-refractivity contribution in [1.82, 2.24) is 0 Å². The van der Waals surface area contributed by atoms with Gasteiger partial charge in [0.2, 0.25) is 0 Å². The Morgan fingerprint density at radius 2 is 1.32 bits per heavy atom. The molecular formula is C17H15NaO4. The van der Waals surface area contributed by atoms with Gasteiger partial charge in [-0.05, 0) is 11.1 Å². The summed E-state index contributed by atoms with van der Waals surface area (Å²) in [4.78, 5) is 11.5. The molecule has 0 saturated carbocycles. The van der Waals surface area contributed by atoms with Gasteiger partial charge < -0.3 is 14.6 Å². The molecule has 2 rings (SSSR count). The third-order valence-electron chi connectivity index (χ3n) is 2.68. The summed E-state index contributed by atoms with van der Waals surface area (Å²) in [6, 6.07) is 18.5. The van der Waals surface area contributed by atoms with E-state index in [2.05, 4.69) is 0 Å². The number of benzene rings is 2. The number of carbonyl (C=O) groups is 1. The summed E-state index contributed by atoms with van der Waals surface area (Å²) in [5.41, 5.74) is 1.72. The predicted molar refractivity (Wildman–Crippen MR) is 75.6 cm³/mol. The van der Waals surface area contributed by atoms with Crippen molar-refractivity contribution >= 4 is 5.97 Å². The molecule has 0 unspecified atom stereocenters. The van der Waals surface area contributed by atoms with E-state index in [0.717, 1.165) is 17.2 Å². The van der Waals surface area contributed by atoms with Crippen molar-refractivity contribution in [2.75, 3.05) is 0 Å². The van der Waals surface area contributed by atoms with Crippen LogP contribution in [0.5, 0.6) is 0 Å². The molecule has 0 heterocycles. The van der Waals surface area contributed by atoms with Gasteiger partial charge in [-0.15, -0.1) is 0 Å². The third kappa shape index (κ3) is 6.80. The molecular weight excluding hydrogens is 291 g/mol. The van der Waals surface area contributed by atoms with E-state index < -0.39 is 11.9 Å². The molecule has 22 heavy (non-hydrogen) atoms. The van der Waals surface area contributed by atoms with E-state index in [-0.39, 0.29) is 42.8 Å². The molecule has 2 aromatic rings. The number of carbonyl (C=O) groups excluding carboxylic acids is 1. The summed E-state index contributed by atoms with van der Waals surface area (Å²) < 4.78 is 9.91. The van der Waals surface area contributed by atoms with Crippen LogP contribution in [-0.2, 0) is 27.5 Å². The SMILES string of the molecule is O=C(C=C([O-])OCc1ccccc1)OCc1ccccc1.[Na+]. The Balaban J connectivity index is 0.00000242. The van der Waals surface area contributed by atoms with E-state index in [1.807, 2.05) is 60.7 Å². The van der Waals surface area contributed by atoms with Crippen LogP contribution >= 0.6 is 0 Å². The van der Waals surface area contributed by atoms with Gasteiger partial charge in [-0.1, -0.05) is 60.7 Å². The van der Waals surface area contributed by atoms with Gasteiger partial charge in [0.05, 0.1) is 5.95 Å². The topological polar surface area (TPSA) is 58.6 Å². The minimum atomic E-state index is -0.711. The van der Waals surface area contributed by atoms with Crippen molar-refractivity contribution in [3.63, 3.8) is 0 Å². The smallest absolute Gasteiger partial charge is 0.608 e. The van der Waals surface area contributed by atoms with E-state index in [1.165, 1.54) is 0 Å². The zero-order valence-electron chi connectivity index (χ0n) is 12.4. The zero-order chi connectivity index (χ0) is 14.9. The largest absolute Gasteiger partial charge is 1.00 e. The maximum atomic E-state index is 11.5. The Bertz CT molecular complexity index is 597. The van der Waals surface area contributed by atoms with Gasteiger partial charge in [-0.25, -0.2) is 4.79 Å². The Kier molecular flexibility index (Phi) is 8.36. The van der Waals surface area contributed by atoms with E-state index in [0.29, 0.717) is 0 Å². The van der Waals surface area contributed by atoms with Gasteiger partial charge in [0.1, 0.15) is 6.61 Å². The molecule has 4 nitrogen and oxygen atoms in total. The molecule has 0 radical (unpaired) electrons. The molecule has 0 saturated heterocycles. The van der Waals surface area contributed by atoms with Gasteiger partial charge in [0, 0.05) is 12.7 Å². The summed E-state index contributed by atoms with van der Waals surface area (Å²) in [5, 5.41) is 11.5. The van der Waals surface area contributed by atoms with Crippen LogP contribution in [0, 0.1) is 0 Å². The van der Waals surface area contributed by atoms with Crippen molar-refractivity contribution < 1.29 is 48.9 Å². The minimum absolute atomic E-state index is 0. The standard InChI is InChI=1S/C17H16O4.Na/c18-16(20-12-14-7-3-1-4-8-14)11-17(19)21-13-15-9-5-2-6-10-15;/h1-11,18H,12-13H2;/q;+1/p-1. The van der Waals surface area contributed by atoms with Crippen molar-refractivity contribution in [3.8, 4) is 0 Å². The number of hydrogen-bond acceptors (Lipinski definition) is 4. The first-order chi connectivity index (χ1) is 10.2. The van der Waals surface area contributed by atoms with Crippen LogP contribution in [0.15, 0.2) is 72.7 Å². The maximum absolute atomic E-state index is 11.5.